The Kier molecular flexibility index (Phi) is 4.87. The number of alkyl halides is 3. The first-order valence-electron chi connectivity index (χ1n) is 9.17. The normalized spacial score (nSPS) is 17.5. The molecule has 0 unspecified atom stereocenters. The molecular weight excluding hydrogens is 383 g/mol. The molecule has 1 aliphatic heterocycles. The number of nitrogens with one attached hydrogen (secondary N) is 2. The topological polar surface area (TPSA) is 65.2 Å². The highest BCUT2D eigenvalue weighted by Gasteiger charge is 2.40. The summed E-state index contributed by atoms with van der Waals surface area (Å²) in [6, 6.07) is 11.4. The lowest BCUT2D eigenvalue weighted by Crippen LogP contribution is -2.39. The molecule has 8 heteroatoms. The van der Waals surface area contributed by atoms with E-state index in [1.165, 1.54) is 12.1 Å². The molecule has 1 aliphatic rings. The Bertz CT molecular complexity index is 1070. The number of imide groups is 1. The molecule has 2 aromatic carbocycles. The molecule has 2 N–H and O–H groups in total. The molecule has 2 amide bonds. The Morgan fingerprint density at radius 1 is 1.10 bits per heavy atom. The maximum absolute atomic E-state index is 12.9. The van der Waals surface area contributed by atoms with Gasteiger partial charge in [-0.3, -0.25) is 9.59 Å². The van der Waals surface area contributed by atoms with Gasteiger partial charge in [0.05, 0.1) is 23.7 Å². The molecule has 29 heavy (non-hydrogen) atoms. The van der Waals surface area contributed by atoms with Gasteiger partial charge in [0.2, 0.25) is 5.91 Å². The van der Waals surface area contributed by atoms with E-state index >= 15 is 0 Å². The van der Waals surface area contributed by atoms with Gasteiger partial charge >= 0.3 is 6.18 Å². The molecular formula is C21H18F3N3O2. The van der Waals surface area contributed by atoms with Crippen LogP contribution in [0.5, 0.6) is 0 Å². The van der Waals surface area contributed by atoms with Crippen molar-refractivity contribution in [1.82, 2.24) is 10.3 Å². The third-order valence-electron chi connectivity index (χ3n) is 5.04. The molecule has 0 bridgehead atoms. The summed E-state index contributed by atoms with van der Waals surface area (Å²) in [6.45, 7) is 0.460. The molecule has 1 fully saturated rings. The molecule has 0 spiro atoms. The van der Waals surface area contributed by atoms with Crippen molar-refractivity contribution in [2.75, 3.05) is 11.4 Å². The van der Waals surface area contributed by atoms with Gasteiger partial charge in [0.1, 0.15) is 0 Å². The van der Waals surface area contributed by atoms with Gasteiger partial charge in [0, 0.05) is 23.6 Å². The van der Waals surface area contributed by atoms with Crippen molar-refractivity contribution in [2.45, 2.75) is 25.1 Å². The standard InChI is InChI=1S/C21H18F3N3O2/c22-21(23,24)14-4-3-5-15(10-14)27-19(28)11-18(20(27)29)25-9-8-13-12-26-17-7-2-1-6-16(13)17/h1-7,10,12,18,25-26H,8-9,11H2/t18-/m1/s1. The molecule has 150 valence electrons. The Morgan fingerprint density at radius 2 is 1.90 bits per heavy atom. The molecule has 1 aromatic heterocycles. The summed E-state index contributed by atoms with van der Waals surface area (Å²) in [7, 11) is 0. The number of aromatic nitrogens is 1. The van der Waals surface area contributed by atoms with Crippen LogP contribution in [0.2, 0.25) is 0 Å². The monoisotopic (exact) mass is 401 g/mol. The van der Waals surface area contributed by atoms with Crippen molar-refractivity contribution >= 4 is 28.4 Å². The second kappa shape index (κ2) is 7.36. The van der Waals surface area contributed by atoms with E-state index in [1.807, 2.05) is 30.5 Å². The summed E-state index contributed by atoms with van der Waals surface area (Å²) in [4.78, 5) is 29.0. The fourth-order valence-corrected chi connectivity index (χ4v) is 3.60. The predicted molar refractivity (Wildman–Crippen MR) is 102 cm³/mol. The van der Waals surface area contributed by atoms with Gasteiger partial charge < -0.3 is 10.3 Å². The number of anilines is 1. The number of fused-ring (bicyclic) bond motifs is 1. The van der Waals surface area contributed by atoms with Gasteiger partial charge in [-0.1, -0.05) is 24.3 Å². The molecule has 0 aliphatic carbocycles. The summed E-state index contributed by atoms with van der Waals surface area (Å²) < 4.78 is 38.8. The zero-order valence-electron chi connectivity index (χ0n) is 15.3. The summed E-state index contributed by atoms with van der Waals surface area (Å²) >= 11 is 0. The molecule has 0 saturated carbocycles. The molecule has 4 rings (SSSR count). The lowest BCUT2D eigenvalue weighted by atomic mass is 10.1. The fraction of sp³-hybridized carbons (Fsp3) is 0.238. The van der Waals surface area contributed by atoms with Crippen LogP contribution in [-0.2, 0) is 22.2 Å². The van der Waals surface area contributed by atoms with Crippen molar-refractivity contribution in [3.63, 3.8) is 0 Å². The lowest BCUT2D eigenvalue weighted by molar-refractivity contribution is -0.137. The van der Waals surface area contributed by atoms with E-state index < -0.39 is 29.6 Å². The van der Waals surface area contributed by atoms with Crippen LogP contribution in [0.1, 0.15) is 17.5 Å². The van der Waals surface area contributed by atoms with Gasteiger partial charge in [0.25, 0.3) is 5.91 Å². The van der Waals surface area contributed by atoms with Crippen LogP contribution in [0.25, 0.3) is 10.9 Å². The van der Waals surface area contributed by atoms with Gasteiger partial charge in [-0.15, -0.1) is 0 Å². The minimum absolute atomic E-state index is 0.0595. The highest BCUT2D eigenvalue weighted by molar-refractivity contribution is 6.22. The van der Waals surface area contributed by atoms with Gasteiger partial charge in [-0.05, 0) is 36.2 Å². The largest absolute Gasteiger partial charge is 0.416 e. The Morgan fingerprint density at radius 3 is 2.69 bits per heavy atom. The van der Waals surface area contributed by atoms with Crippen LogP contribution in [0.3, 0.4) is 0 Å². The van der Waals surface area contributed by atoms with Crippen LogP contribution in [-0.4, -0.2) is 29.4 Å². The van der Waals surface area contributed by atoms with E-state index in [-0.39, 0.29) is 12.1 Å². The highest BCUT2D eigenvalue weighted by Crippen LogP contribution is 2.33. The number of H-pyrrole nitrogens is 1. The maximum Gasteiger partial charge on any atom is 0.416 e. The van der Waals surface area contributed by atoms with Crippen molar-refractivity contribution in [3.05, 3.63) is 65.9 Å². The molecule has 2 heterocycles. The van der Waals surface area contributed by atoms with Crippen LogP contribution < -0.4 is 10.2 Å². The lowest BCUT2D eigenvalue weighted by Gasteiger charge is -2.17. The first kappa shape index (κ1) is 19.2. The summed E-state index contributed by atoms with van der Waals surface area (Å²) in [5.41, 5.74) is 1.15. The summed E-state index contributed by atoms with van der Waals surface area (Å²) in [6.07, 6.45) is -2.07. The van der Waals surface area contributed by atoms with Crippen LogP contribution in [0, 0.1) is 0 Å². The number of amides is 2. The number of carbonyl (C=O) groups is 2. The van der Waals surface area contributed by atoms with Gasteiger partial charge in [-0.2, -0.15) is 13.2 Å². The highest BCUT2D eigenvalue weighted by atomic mass is 19.4. The van der Waals surface area contributed by atoms with E-state index in [4.69, 9.17) is 0 Å². The summed E-state index contributed by atoms with van der Waals surface area (Å²) in [5.74, 6) is -1.05. The number of hydrogen-bond donors (Lipinski definition) is 2. The van der Waals surface area contributed by atoms with E-state index in [0.29, 0.717) is 13.0 Å². The minimum Gasteiger partial charge on any atom is -0.361 e. The van der Waals surface area contributed by atoms with E-state index in [9.17, 15) is 22.8 Å². The number of para-hydroxylation sites is 1. The van der Waals surface area contributed by atoms with E-state index in [1.54, 1.807) is 0 Å². The maximum atomic E-state index is 12.9. The Balaban J connectivity index is 1.43. The zero-order chi connectivity index (χ0) is 20.6. The first-order chi connectivity index (χ1) is 13.8. The number of hydrogen-bond acceptors (Lipinski definition) is 3. The number of benzene rings is 2. The van der Waals surface area contributed by atoms with Crippen LogP contribution in [0.15, 0.2) is 54.7 Å². The quantitative estimate of drug-likeness (QED) is 0.642. The molecule has 5 nitrogen and oxygen atoms in total. The fourth-order valence-electron chi connectivity index (χ4n) is 3.60. The molecule has 1 atom stereocenters. The van der Waals surface area contributed by atoms with Crippen molar-refractivity contribution in [3.8, 4) is 0 Å². The van der Waals surface area contributed by atoms with E-state index in [2.05, 4.69) is 10.3 Å². The van der Waals surface area contributed by atoms with Gasteiger partial charge in [0.15, 0.2) is 0 Å². The Labute approximate surface area is 164 Å². The smallest absolute Gasteiger partial charge is 0.361 e. The minimum atomic E-state index is -4.54. The SMILES string of the molecule is O=C1C[C@@H](NCCc2c[nH]c3ccccc23)C(=O)N1c1cccc(C(F)(F)F)c1. The predicted octanol–water partition coefficient (Wildman–Crippen LogP) is 3.65. The van der Waals surface area contributed by atoms with Crippen LogP contribution in [0.4, 0.5) is 18.9 Å². The summed E-state index contributed by atoms with van der Waals surface area (Å²) in [5, 5.41) is 4.15. The number of aromatic amines is 1. The van der Waals surface area contributed by atoms with Crippen molar-refractivity contribution in [1.29, 1.82) is 0 Å². The zero-order valence-corrected chi connectivity index (χ0v) is 15.3. The number of rotatable bonds is 5. The molecule has 0 radical (unpaired) electrons. The average Bonchev–Trinajstić information content (AvgIpc) is 3.22. The second-order valence-electron chi connectivity index (χ2n) is 6.94. The average molecular weight is 401 g/mol. The van der Waals surface area contributed by atoms with Crippen molar-refractivity contribution in [2.24, 2.45) is 0 Å². The third kappa shape index (κ3) is 3.75. The van der Waals surface area contributed by atoms with Crippen molar-refractivity contribution < 1.29 is 22.8 Å². The molecule has 3 aromatic rings. The Hall–Kier alpha value is -3.13. The first-order valence-corrected chi connectivity index (χ1v) is 9.17. The molecule has 1 saturated heterocycles. The van der Waals surface area contributed by atoms with Gasteiger partial charge in [-0.25, -0.2) is 4.90 Å². The number of carbonyl (C=O) groups excluding carboxylic acids is 2. The number of nitrogens with zero attached hydrogens (tertiary/aromatic N) is 1. The second-order valence-corrected chi connectivity index (χ2v) is 6.94. The number of halogens is 3. The van der Waals surface area contributed by atoms with Crippen LogP contribution >= 0.6 is 0 Å². The van der Waals surface area contributed by atoms with E-state index in [0.717, 1.165) is 33.5 Å². The third-order valence-corrected chi connectivity index (χ3v) is 5.04.